The van der Waals surface area contributed by atoms with Crippen molar-refractivity contribution >= 4 is 46.4 Å². The predicted molar refractivity (Wildman–Crippen MR) is 79.2 cm³/mol. The standard InChI is InChI=1S/C12H11ClN4O3S/c13-11-14-7(5-8-10(18)16-12(19)21-8)6-9(15-11)17-1-3-20-4-2-17/h5-6H,1-4H2,(H,16,18,19)/b8-5-. The number of hydrogen-bond acceptors (Lipinski definition) is 7. The Morgan fingerprint density at radius 1 is 1.33 bits per heavy atom. The molecule has 0 unspecified atom stereocenters. The maximum Gasteiger partial charge on any atom is 0.290 e. The van der Waals surface area contributed by atoms with Gasteiger partial charge in [0.2, 0.25) is 5.28 Å². The highest BCUT2D eigenvalue weighted by Gasteiger charge is 2.25. The molecule has 2 aliphatic rings. The van der Waals surface area contributed by atoms with Crippen molar-refractivity contribution in [2.45, 2.75) is 0 Å². The van der Waals surface area contributed by atoms with Crippen molar-refractivity contribution in [3.63, 3.8) is 0 Å². The van der Waals surface area contributed by atoms with Gasteiger partial charge in [-0.2, -0.15) is 0 Å². The second kappa shape index (κ2) is 6.00. The van der Waals surface area contributed by atoms with E-state index in [1.165, 1.54) is 6.08 Å². The Morgan fingerprint density at radius 2 is 2.10 bits per heavy atom. The molecule has 1 aromatic heterocycles. The van der Waals surface area contributed by atoms with Gasteiger partial charge in [-0.1, -0.05) is 0 Å². The van der Waals surface area contributed by atoms with Crippen molar-refractivity contribution in [1.82, 2.24) is 15.3 Å². The fourth-order valence-electron chi connectivity index (χ4n) is 2.01. The van der Waals surface area contributed by atoms with Gasteiger partial charge in [-0.25, -0.2) is 9.97 Å². The average Bonchev–Trinajstić information content (AvgIpc) is 2.77. The Labute approximate surface area is 129 Å². The Bertz CT molecular complexity index is 631. The van der Waals surface area contributed by atoms with E-state index in [1.807, 2.05) is 4.90 Å². The number of ether oxygens (including phenoxy) is 1. The number of nitrogens with one attached hydrogen (secondary N) is 1. The van der Waals surface area contributed by atoms with Crippen LogP contribution in [0.3, 0.4) is 0 Å². The highest BCUT2D eigenvalue weighted by Crippen LogP contribution is 2.26. The highest BCUT2D eigenvalue weighted by molar-refractivity contribution is 8.18. The lowest BCUT2D eigenvalue weighted by Gasteiger charge is -2.27. The maximum absolute atomic E-state index is 11.5. The van der Waals surface area contributed by atoms with Gasteiger partial charge in [0.1, 0.15) is 5.82 Å². The van der Waals surface area contributed by atoms with Crippen molar-refractivity contribution in [2.75, 3.05) is 31.2 Å². The van der Waals surface area contributed by atoms with Crippen LogP contribution in [0.4, 0.5) is 10.6 Å². The minimum atomic E-state index is -0.423. The second-order valence-electron chi connectivity index (χ2n) is 4.37. The number of anilines is 1. The summed E-state index contributed by atoms with van der Waals surface area (Å²) in [7, 11) is 0. The van der Waals surface area contributed by atoms with Gasteiger partial charge >= 0.3 is 0 Å². The van der Waals surface area contributed by atoms with E-state index >= 15 is 0 Å². The lowest BCUT2D eigenvalue weighted by atomic mass is 10.3. The average molecular weight is 327 g/mol. The van der Waals surface area contributed by atoms with Crippen LogP contribution in [0.15, 0.2) is 11.0 Å². The quantitative estimate of drug-likeness (QED) is 0.647. The second-order valence-corrected chi connectivity index (χ2v) is 5.72. The summed E-state index contributed by atoms with van der Waals surface area (Å²) in [5.74, 6) is 0.257. The van der Waals surface area contributed by atoms with Crippen molar-refractivity contribution in [2.24, 2.45) is 0 Å². The van der Waals surface area contributed by atoms with Gasteiger partial charge in [-0.05, 0) is 29.4 Å². The maximum atomic E-state index is 11.5. The van der Waals surface area contributed by atoms with E-state index in [0.717, 1.165) is 24.9 Å². The number of carbonyl (C=O) groups excluding carboxylic acids is 2. The molecule has 0 saturated carbocycles. The number of carbonyl (C=O) groups is 2. The number of morpholine rings is 1. The summed E-state index contributed by atoms with van der Waals surface area (Å²) in [6, 6.07) is 1.74. The first-order chi connectivity index (χ1) is 10.1. The van der Waals surface area contributed by atoms with E-state index < -0.39 is 5.91 Å². The van der Waals surface area contributed by atoms with Crippen LogP contribution in [-0.4, -0.2) is 47.4 Å². The summed E-state index contributed by atoms with van der Waals surface area (Å²) < 4.78 is 5.29. The lowest BCUT2D eigenvalue weighted by molar-refractivity contribution is -0.115. The molecule has 0 aliphatic carbocycles. The third-order valence-electron chi connectivity index (χ3n) is 2.96. The predicted octanol–water partition coefficient (Wildman–Crippen LogP) is 1.29. The molecule has 1 N–H and O–H groups in total. The molecular formula is C12H11ClN4O3S. The molecular weight excluding hydrogens is 316 g/mol. The van der Waals surface area contributed by atoms with Gasteiger partial charge in [0, 0.05) is 19.2 Å². The summed E-state index contributed by atoms with van der Waals surface area (Å²) in [4.78, 5) is 33.3. The van der Waals surface area contributed by atoms with Crippen molar-refractivity contribution < 1.29 is 14.3 Å². The Kier molecular flexibility index (Phi) is 4.09. The summed E-state index contributed by atoms with van der Waals surface area (Å²) in [6.45, 7) is 2.70. The Balaban J connectivity index is 1.89. The summed E-state index contributed by atoms with van der Waals surface area (Å²) >= 11 is 6.78. The summed E-state index contributed by atoms with van der Waals surface area (Å²) in [5, 5.41) is 1.90. The van der Waals surface area contributed by atoms with Crippen LogP contribution in [0.2, 0.25) is 5.28 Å². The molecule has 0 bridgehead atoms. The number of imide groups is 1. The molecule has 110 valence electrons. The van der Waals surface area contributed by atoms with Crippen LogP contribution in [0.25, 0.3) is 6.08 Å². The number of amides is 2. The van der Waals surface area contributed by atoms with E-state index in [4.69, 9.17) is 16.3 Å². The summed E-state index contributed by atoms with van der Waals surface area (Å²) in [5.41, 5.74) is 0.490. The Morgan fingerprint density at radius 3 is 2.76 bits per heavy atom. The molecule has 2 saturated heterocycles. The zero-order chi connectivity index (χ0) is 14.8. The zero-order valence-corrected chi connectivity index (χ0v) is 12.4. The third kappa shape index (κ3) is 3.34. The monoisotopic (exact) mass is 326 g/mol. The first-order valence-electron chi connectivity index (χ1n) is 6.24. The van der Waals surface area contributed by atoms with Gasteiger partial charge in [0.15, 0.2) is 0 Å². The lowest BCUT2D eigenvalue weighted by Crippen LogP contribution is -2.36. The van der Waals surface area contributed by atoms with Gasteiger partial charge < -0.3 is 9.64 Å². The minimum Gasteiger partial charge on any atom is -0.378 e. The normalized spacial score (nSPS) is 21.0. The van der Waals surface area contributed by atoms with Gasteiger partial charge in [-0.15, -0.1) is 0 Å². The van der Waals surface area contributed by atoms with E-state index in [9.17, 15) is 9.59 Å². The van der Waals surface area contributed by atoms with E-state index in [-0.39, 0.29) is 10.5 Å². The first kappa shape index (κ1) is 14.3. The number of halogens is 1. The molecule has 0 radical (unpaired) electrons. The highest BCUT2D eigenvalue weighted by atomic mass is 35.5. The van der Waals surface area contributed by atoms with Crippen LogP contribution >= 0.6 is 23.4 Å². The molecule has 0 aromatic carbocycles. The molecule has 2 amide bonds. The molecule has 0 atom stereocenters. The van der Waals surface area contributed by atoms with Crippen LogP contribution in [0, 0.1) is 0 Å². The molecule has 21 heavy (non-hydrogen) atoms. The number of hydrogen-bond donors (Lipinski definition) is 1. The number of nitrogens with zero attached hydrogens (tertiary/aromatic N) is 3. The van der Waals surface area contributed by atoms with E-state index in [1.54, 1.807) is 6.07 Å². The molecule has 7 nitrogen and oxygen atoms in total. The SMILES string of the molecule is O=C1NC(=O)/C(=C/c2cc(N3CCOCC3)nc(Cl)n2)S1. The number of thioether (sulfide) groups is 1. The van der Waals surface area contributed by atoms with Gasteiger partial charge in [0.25, 0.3) is 11.1 Å². The molecule has 2 aliphatic heterocycles. The number of rotatable bonds is 2. The number of aromatic nitrogens is 2. The topological polar surface area (TPSA) is 84.4 Å². The molecule has 1 aromatic rings. The third-order valence-corrected chi connectivity index (χ3v) is 3.94. The van der Waals surface area contributed by atoms with Gasteiger partial charge in [0.05, 0.1) is 23.8 Å². The summed E-state index contributed by atoms with van der Waals surface area (Å²) in [6.07, 6.45) is 1.53. The smallest absolute Gasteiger partial charge is 0.290 e. The van der Waals surface area contributed by atoms with Crippen LogP contribution in [0.1, 0.15) is 5.69 Å². The Hall–Kier alpha value is -1.64. The van der Waals surface area contributed by atoms with E-state index in [0.29, 0.717) is 29.6 Å². The van der Waals surface area contributed by atoms with E-state index in [2.05, 4.69) is 15.3 Å². The molecule has 0 spiro atoms. The largest absolute Gasteiger partial charge is 0.378 e. The fourth-order valence-corrected chi connectivity index (χ4v) is 2.86. The van der Waals surface area contributed by atoms with Crippen molar-refractivity contribution in [1.29, 1.82) is 0 Å². The zero-order valence-electron chi connectivity index (χ0n) is 10.8. The molecule has 9 heteroatoms. The molecule has 3 rings (SSSR count). The van der Waals surface area contributed by atoms with Crippen molar-refractivity contribution in [3.05, 3.63) is 21.9 Å². The van der Waals surface area contributed by atoms with Crippen molar-refractivity contribution in [3.8, 4) is 0 Å². The van der Waals surface area contributed by atoms with Crippen LogP contribution in [-0.2, 0) is 9.53 Å². The molecule has 3 heterocycles. The van der Waals surface area contributed by atoms with Gasteiger partial charge in [-0.3, -0.25) is 14.9 Å². The fraction of sp³-hybridized carbons (Fsp3) is 0.333. The molecule has 2 fully saturated rings. The minimum absolute atomic E-state index is 0.0978. The van der Waals surface area contributed by atoms with Crippen LogP contribution < -0.4 is 10.2 Å². The first-order valence-corrected chi connectivity index (χ1v) is 7.43. The van der Waals surface area contributed by atoms with Crippen LogP contribution in [0.5, 0.6) is 0 Å².